The lowest BCUT2D eigenvalue weighted by atomic mass is 9.76. The van der Waals surface area contributed by atoms with Crippen LogP contribution < -0.4 is 0 Å². The van der Waals surface area contributed by atoms with Crippen LogP contribution in [0.4, 0.5) is 0 Å². The molecule has 17 heavy (non-hydrogen) atoms. The minimum absolute atomic E-state index is 0.141. The van der Waals surface area contributed by atoms with E-state index in [9.17, 15) is 4.79 Å². The van der Waals surface area contributed by atoms with E-state index in [-0.39, 0.29) is 12.1 Å². The van der Waals surface area contributed by atoms with Gasteiger partial charge in [-0.05, 0) is 19.4 Å². The van der Waals surface area contributed by atoms with Gasteiger partial charge in [0, 0.05) is 6.42 Å². The van der Waals surface area contributed by atoms with E-state index in [4.69, 9.17) is 9.47 Å². The number of hydrogen-bond donors (Lipinski definition) is 0. The molecule has 1 aromatic rings. The zero-order chi connectivity index (χ0) is 12.3. The predicted octanol–water partition coefficient (Wildman–Crippen LogP) is 2.30. The Labute approximate surface area is 102 Å². The van der Waals surface area contributed by atoms with E-state index < -0.39 is 5.41 Å². The SMILES string of the molecule is CC(=O)C(C)(CC1OCCO1)c1ccccc1. The zero-order valence-electron chi connectivity index (χ0n) is 10.3. The summed E-state index contributed by atoms with van der Waals surface area (Å²) >= 11 is 0. The van der Waals surface area contributed by atoms with Gasteiger partial charge in [-0.2, -0.15) is 0 Å². The maximum Gasteiger partial charge on any atom is 0.159 e. The van der Waals surface area contributed by atoms with Crippen molar-refractivity contribution in [2.75, 3.05) is 13.2 Å². The van der Waals surface area contributed by atoms with Crippen LogP contribution in [-0.4, -0.2) is 25.3 Å². The molecule has 0 aromatic heterocycles. The third-order valence-corrected chi connectivity index (χ3v) is 3.45. The molecule has 0 aliphatic carbocycles. The number of hydrogen-bond acceptors (Lipinski definition) is 3. The summed E-state index contributed by atoms with van der Waals surface area (Å²) in [5.41, 5.74) is 0.489. The van der Waals surface area contributed by atoms with Crippen molar-refractivity contribution in [2.24, 2.45) is 0 Å². The van der Waals surface area contributed by atoms with Crippen LogP contribution in [-0.2, 0) is 19.7 Å². The first-order valence-corrected chi connectivity index (χ1v) is 5.93. The van der Waals surface area contributed by atoms with Crippen molar-refractivity contribution in [3.8, 4) is 0 Å². The van der Waals surface area contributed by atoms with Gasteiger partial charge in [0.2, 0.25) is 0 Å². The fourth-order valence-corrected chi connectivity index (χ4v) is 2.13. The van der Waals surface area contributed by atoms with Crippen LogP contribution >= 0.6 is 0 Å². The highest BCUT2D eigenvalue weighted by Crippen LogP contribution is 2.32. The van der Waals surface area contributed by atoms with Gasteiger partial charge in [-0.25, -0.2) is 0 Å². The summed E-state index contributed by atoms with van der Waals surface area (Å²) in [5, 5.41) is 0. The highest BCUT2D eigenvalue weighted by molar-refractivity contribution is 5.87. The smallest absolute Gasteiger partial charge is 0.159 e. The third-order valence-electron chi connectivity index (χ3n) is 3.45. The molecule has 0 amide bonds. The van der Waals surface area contributed by atoms with Gasteiger partial charge in [0.05, 0.1) is 18.6 Å². The number of Topliss-reactive ketones (excluding diaryl/α,β-unsaturated/α-hetero) is 1. The van der Waals surface area contributed by atoms with Crippen molar-refractivity contribution < 1.29 is 14.3 Å². The molecule has 1 atom stereocenters. The van der Waals surface area contributed by atoms with Crippen LogP contribution in [0.2, 0.25) is 0 Å². The van der Waals surface area contributed by atoms with Crippen LogP contribution in [0.25, 0.3) is 0 Å². The first kappa shape index (κ1) is 12.3. The van der Waals surface area contributed by atoms with Crippen LogP contribution in [0, 0.1) is 0 Å². The van der Waals surface area contributed by atoms with Crippen LogP contribution in [0.5, 0.6) is 0 Å². The number of carbonyl (C=O) groups excluding carboxylic acids is 1. The van der Waals surface area contributed by atoms with Gasteiger partial charge < -0.3 is 9.47 Å². The maximum atomic E-state index is 11.9. The molecule has 0 N–H and O–H groups in total. The Morgan fingerprint density at radius 3 is 2.41 bits per heavy atom. The van der Waals surface area contributed by atoms with Crippen molar-refractivity contribution in [3.63, 3.8) is 0 Å². The molecule has 2 rings (SSSR count). The Kier molecular flexibility index (Phi) is 3.60. The minimum Gasteiger partial charge on any atom is -0.350 e. The Hall–Kier alpha value is -1.19. The highest BCUT2D eigenvalue weighted by Gasteiger charge is 2.36. The van der Waals surface area contributed by atoms with Crippen LogP contribution in [0.15, 0.2) is 30.3 Å². The molecule has 1 aromatic carbocycles. The van der Waals surface area contributed by atoms with Crippen molar-refractivity contribution in [3.05, 3.63) is 35.9 Å². The summed E-state index contributed by atoms with van der Waals surface area (Å²) in [6.07, 6.45) is 0.316. The van der Waals surface area contributed by atoms with Gasteiger partial charge in [0.1, 0.15) is 5.78 Å². The lowest BCUT2D eigenvalue weighted by molar-refractivity contribution is -0.126. The molecule has 1 heterocycles. The van der Waals surface area contributed by atoms with Gasteiger partial charge >= 0.3 is 0 Å². The fourth-order valence-electron chi connectivity index (χ4n) is 2.13. The molecule has 0 spiro atoms. The van der Waals surface area contributed by atoms with E-state index in [1.54, 1.807) is 6.92 Å². The summed E-state index contributed by atoms with van der Waals surface area (Å²) < 4.78 is 10.9. The second-order valence-electron chi connectivity index (χ2n) is 4.63. The maximum absolute atomic E-state index is 11.9. The largest absolute Gasteiger partial charge is 0.350 e. The van der Waals surface area contributed by atoms with Gasteiger partial charge in [-0.1, -0.05) is 30.3 Å². The minimum atomic E-state index is -0.531. The van der Waals surface area contributed by atoms with Gasteiger partial charge in [-0.3, -0.25) is 4.79 Å². The van der Waals surface area contributed by atoms with Crippen molar-refractivity contribution >= 4 is 5.78 Å². The molecule has 1 fully saturated rings. The van der Waals surface area contributed by atoms with Gasteiger partial charge in [0.25, 0.3) is 0 Å². The van der Waals surface area contributed by atoms with Crippen LogP contribution in [0.3, 0.4) is 0 Å². The topological polar surface area (TPSA) is 35.5 Å². The van der Waals surface area contributed by atoms with Crippen molar-refractivity contribution in [1.82, 2.24) is 0 Å². The zero-order valence-corrected chi connectivity index (χ0v) is 10.3. The molecule has 1 unspecified atom stereocenters. The molecule has 3 nitrogen and oxygen atoms in total. The van der Waals surface area contributed by atoms with E-state index in [2.05, 4.69) is 0 Å². The van der Waals surface area contributed by atoms with Crippen molar-refractivity contribution in [1.29, 1.82) is 0 Å². The van der Waals surface area contributed by atoms with E-state index in [0.717, 1.165) is 5.56 Å². The first-order valence-electron chi connectivity index (χ1n) is 5.93. The summed E-state index contributed by atoms with van der Waals surface area (Å²) in [6, 6.07) is 9.82. The average Bonchev–Trinajstić information content (AvgIpc) is 2.82. The van der Waals surface area contributed by atoms with Crippen molar-refractivity contribution in [2.45, 2.75) is 32.0 Å². The third kappa shape index (κ3) is 2.56. The average molecular weight is 234 g/mol. The molecular formula is C14H18O3. The summed E-state index contributed by atoms with van der Waals surface area (Å²) in [4.78, 5) is 11.9. The van der Waals surface area contributed by atoms with Gasteiger partial charge in [-0.15, -0.1) is 0 Å². The normalized spacial score (nSPS) is 20.1. The molecule has 92 valence electrons. The predicted molar refractivity (Wildman–Crippen MR) is 64.8 cm³/mol. The van der Waals surface area contributed by atoms with Gasteiger partial charge in [0.15, 0.2) is 6.29 Å². The number of ether oxygens (including phenoxy) is 2. The van der Waals surface area contributed by atoms with Crippen LogP contribution in [0.1, 0.15) is 25.8 Å². The monoisotopic (exact) mass is 234 g/mol. The Balaban J connectivity index is 2.23. The molecule has 1 saturated heterocycles. The first-order chi connectivity index (χ1) is 8.13. The van der Waals surface area contributed by atoms with E-state index in [1.165, 1.54) is 0 Å². The number of carbonyl (C=O) groups is 1. The molecule has 3 heteroatoms. The van der Waals surface area contributed by atoms with E-state index >= 15 is 0 Å². The molecule has 0 bridgehead atoms. The second kappa shape index (κ2) is 4.98. The Morgan fingerprint density at radius 1 is 1.29 bits per heavy atom. The molecule has 0 radical (unpaired) electrons. The molecule has 1 aliphatic heterocycles. The number of benzene rings is 1. The fraction of sp³-hybridized carbons (Fsp3) is 0.500. The lowest BCUT2D eigenvalue weighted by Gasteiger charge is -2.29. The Bertz CT molecular complexity index is 382. The molecule has 1 aliphatic rings. The summed E-state index contributed by atoms with van der Waals surface area (Å²) in [7, 11) is 0. The number of rotatable bonds is 4. The van der Waals surface area contributed by atoms with E-state index in [0.29, 0.717) is 19.6 Å². The standard InChI is InChI=1S/C14H18O3/c1-11(15)14(2,10-13-16-8-9-17-13)12-6-4-3-5-7-12/h3-7,13H,8-10H2,1-2H3. The molecular weight excluding hydrogens is 216 g/mol. The second-order valence-corrected chi connectivity index (χ2v) is 4.63. The summed E-state index contributed by atoms with van der Waals surface area (Å²) in [5.74, 6) is 0.141. The van der Waals surface area contributed by atoms with E-state index in [1.807, 2.05) is 37.3 Å². The summed E-state index contributed by atoms with van der Waals surface area (Å²) in [6.45, 7) is 4.82. The lowest BCUT2D eigenvalue weighted by Crippen LogP contribution is -2.35. The highest BCUT2D eigenvalue weighted by atomic mass is 16.7. The number of ketones is 1. The quantitative estimate of drug-likeness (QED) is 0.802. The molecule has 0 saturated carbocycles. The Morgan fingerprint density at radius 2 is 1.88 bits per heavy atom.